The molecule has 2 heterocycles. The summed E-state index contributed by atoms with van der Waals surface area (Å²) in [5, 5.41) is 7.08. The van der Waals surface area contributed by atoms with E-state index in [0.29, 0.717) is 0 Å². The number of ether oxygens (including phenoxy) is 2. The third kappa shape index (κ3) is 5.69. The molecule has 7 heteroatoms. The molecule has 2 saturated heterocycles. The third-order valence-corrected chi connectivity index (χ3v) is 5.92. The normalized spacial score (nSPS) is 25.7. The van der Waals surface area contributed by atoms with Crippen LogP contribution in [0, 0.1) is 5.41 Å². The molecule has 1 saturated carbocycles. The average molecular weight is 480 g/mol. The van der Waals surface area contributed by atoms with Gasteiger partial charge in [-0.1, -0.05) is 26.2 Å². The number of nitrogens with zero attached hydrogens (tertiary/aromatic N) is 2. The van der Waals surface area contributed by atoms with E-state index < -0.39 is 0 Å². The van der Waals surface area contributed by atoms with Gasteiger partial charge in [-0.05, 0) is 19.8 Å². The van der Waals surface area contributed by atoms with Gasteiger partial charge in [0.05, 0.1) is 33.0 Å². The molecule has 26 heavy (non-hydrogen) atoms. The molecule has 3 aliphatic rings. The Bertz CT molecular complexity index is 445. The summed E-state index contributed by atoms with van der Waals surface area (Å²) in [6.07, 6.45) is 6.61. The third-order valence-electron chi connectivity index (χ3n) is 5.92. The molecule has 0 spiro atoms. The van der Waals surface area contributed by atoms with Gasteiger partial charge >= 0.3 is 0 Å². The van der Waals surface area contributed by atoms with Crippen LogP contribution < -0.4 is 10.6 Å². The Kier molecular flexibility index (Phi) is 8.90. The fourth-order valence-electron chi connectivity index (χ4n) is 4.25. The average Bonchev–Trinajstić information content (AvgIpc) is 2.64. The number of guanidine groups is 1. The van der Waals surface area contributed by atoms with Crippen molar-refractivity contribution in [3.05, 3.63) is 0 Å². The largest absolute Gasteiger partial charge is 0.380 e. The van der Waals surface area contributed by atoms with Crippen molar-refractivity contribution in [1.82, 2.24) is 15.5 Å². The molecule has 3 rings (SSSR count). The summed E-state index contributed by atoms with van der Waals surface area (Å²) in [5.74, 6) is 0.953. The SMILES string of the molecule is CCNC(=NCC1(C)COC1)NCC1(N2CCOCC2)CCCCC1.I. The molecule has 3 fully saturated rings. The van der Waals surface area contributed by atoms with Gasteiger partial charge in [0, 0.05) is 37.1 Å². The first kappa shape index (κ1) is 22.2. The van der Waals surface area contributed by atoms with Crippen LogP contribution in [0.3, 0.4) is 0 Å². The monoisotopic (exact) mass is 480 g/mol. The number of nitrogens with one attached hydrogen (secondary N) is 2. The number of hydrogen-bond acceptors (Lipinski definition) is 4. The second-order valence-electron chi connectivity index (χ2n) is 8.24. The van der Waals surface area contributed by atoms with Crippen molar-refractivity contribution >= 4 is 29.9 Å². The number of rotatable bonds is 6. The number of halogens is 1. The number of hydrogen-bond donors (Lipinski definition) is 2. The Labute approximate surface area is 175 Å². The second kappa shape index (κ2) is 10.4. The topological polar surface area (TPSA) is 58.1 Å². The molecule has 0 atom stereocenters. The van der Waals surface area contributed by atoms with Crippen LogP contribution in [0.2, 0.25) is 0 Å². The molecule has 152 valence electrons. The summed E-state index contributed by atoms with van der Waals surface area (Å²) in [4.78, 5) is 7.51. The summed E-state index contributed by atoms with van der Waals surface area (Å²) < 4.78 is 10.9. The predicted molar refractivity (Wildman–Crippen MR) is 117 cm³/mol. The van der Waals surface area contributed by atoms with Gasteiger partial charge in [-0.25, -0.2) is 0 Å². The minimum atomic E-state index is 0. The van der Waals surface area contributed by atoms with Crippen LogP contribution in [0.25, 0.3) is 0 Å². The Morgan fingerprint density at radius 2 is 1.73 bits per heavy atom. The van der Waals surface area contributed by atoms with Crippen LogP contribution in [-0.2, 0) is 9.47 Å². The molecular weight excluding hydrogens is 443 g/mol. The van der Waals surface area contributed by atoms with E-state index >= 15 is 0 Å². The van der Waals surface area contributed by atoms with Crippen molar-refractivity contribution in [3.63, 3.8) is 0 Å². The first-order chi connectivity index (χ1) is 12.2. The highest BCUT2D eigenvalue weighted by molar-refractivity contribution is 14.0. The number of morpholine rings is 1. The Hall–Kier alpha value is -0.120. The lowest BCUT2D eigenvalue weighted by Gasteiger charge is -2.48. The van der Waals surface area contributed by atoms with Crippen LogP contribution >= 0.6 is 24.0 Å². The summed E-state index contributed by atoms with van der Waals surface area (Å²) in [7, 11) is 0. The smallest absolute Gasteiger partial charge is 0.191 e. The van der Waals surface area contributed by atoms with Gasteiger partial charge in [0.15, 0.2) is 5.96 Å². The van der Waals surface area contributed by atoms with Crippen LogP contribution in [0.1, 0.15) is 46.0 Å². The highest BCUT2D eigenvalue weighted by Gasteiger charge is 2.39. The van der Waals surface area contributed by atoms with Gasteiger partial charge < -0.3 is 20.1 Å². The Balaban J connectivity index is 0.00000243. The van der Waals surface area contributed by atoms with E-state index in [4.69, 9.17) is 14.5 Å². The Morgan fingerprint density at radius 3 is 2.31 bits per heavy atom. The van der Waals surface area contributed by atoms with Gasteiger partial charge in [0.25, 0.3) is 0 Å². The molecule has 0 unspecified atom stereocenters. The lowest BCUT2D eigenvalue weighted by Crippen LogP contribution is -2.60. The van der Waals surface area contributed by atoms with Crippen LogP contribution in [0.15, 0.2) is 4.99 Å². The van der Waals surface area contributed by atoms with E-state index in [9.17, 15) is 0 Å². The summed E-state index contributed by atoms with van der Waals surface area (Å²) in [6, 6.07) is 0. The molecule has 1 aliphatic carbocycles. The molecule has 2 aliphatic heterocycles. The standard InChI is InChI=1S/C19H36N4O2.HI/c1-3-20-17(21-13-18(2)15-25-16-18)22-14-19(7-5-4-6-8-19)23-9-11-24-12-10-23;/h3-16H2,1-2H3,(H2,20,21,22);1H. The molecule has 0 amide bonds. The van der Waals surface area contributed by atoms with Crippen molar-refractivity contribution in [3.8, 4) is 0 Å². The fraction of sp³-hybridized carbons (Fsp3) is 0.947. The summed E-state index contributed by atoms with van der Waals surface area (Å²) in [5.41, 5.74) is 0.483. The van der Waals surface area contributed by atoms with Crippen LogP contribution in [0.4, 0.5) is 0 Å². The highest BCUT2D eigenvalue weighted by atomic mass is 127. The first-order valence-electron chi connectivity index (χ1n) is 10.1. The van der Waals surface area contributed by atoms with Crippen LogP contribution in [0.5, 0.6) is 0 Å². The van der Waals surface area contributed by atoms with Gasteiger partial charge in [-0.3, -0.25) is 9.89 Å². The van der Waals surface area contributed by atoms with Crippen molar-refractivity contribution in [2.45, 2.75) is 51.5 Å². The minimum Gasteiger partial charge on any atom is -0.380 e. The first-order valence-corrected chi connectivity index (χ1v) is 10.1. The van der Waals surface area contributed by atoms with E-state index in [-0.39, 0.29) is 34.9 Å². The quantitative estimate of drug-likeness (QED) is 0.347. The zero-order valence-electron chi connectivity index (χ0n) is 16.5. The number of aliphatic imine (C=N–C) groups is 1. The van der Waals surface area contributed by atoms with Crippen LogP contribution in [-0.4, -0.2) is 75.5 Å². The molecular formula is C19H37IN4O2. The van der Waals surface area contributed by atoms with E-state index in [1.165, 1.54) is 32.1 Å². The maximum atomic E-state index is 5.58. The molecule has 0 aromatic carbocycles. The van der Waals surface area contributed by atoms with Crippen molar-refractivity contribution in [2.24, 2.45) is 10.4 Å². The minimum absolute atomic E-state index is 0. The summed E-state index contributed by atoms with van der Waals surface area (Å²) >= 11 is 0. The lowest BCUT2D eigenvalue weighted by molar-refractivity contribution is -0.0945. The molecule has 0 aromatic heterocycles. The molecule has 2 N–H and O–H groups in total. The predicted octanol–water partition coefficient (Wildman–Crippen LogP) is 2.23. The maximum absolute atomic E-state index is 5.58. The van der Waals surface area contributed by atoms with Gasteiger partial charge in [-0.2, -0.15) is 0 Å². The lowest BCUT2D eigenvalue weighted by atomic mass is 9.80. The fourth-order valence-corrected chi connectivity index (χ4v) is 4.25. The van der Waals surface area contributed by atoms with Crippen molar-refractivity contribution < 1.29 is 9.47 Å². The molecule has 0 radical (unpaired) electrons. The highest BCUT2D eigenvalue weighted by Crippen LogP contribution is 2.34. The zero-order chi connectivity index (χ0) is 17.6. The zero-order valence-corrected chi connectivity index (χ0v) is 18.8. The van der Waals surface area contributed by atoms with E-state index in [1.54, 1.807) is 0 Å². The van der Waals surface area contributed by atoms with E-state index in [2.05, 4.69) is 29.4 Å². The van der Waals surface area contributed by atoms with Crippen molar-refractivity contribution in [1.29, 1.82) is 0 Å². The molecule has 0 aromatic rings. The van der Waals surface area contributed by atoms with Gasteiger partial charge in [0.1, 0.15) is 0 Å². The van der Waals surface area contributed by atoms with Crippen molar-refractivity contribution in [2.75, 3.05) is 59.2 Å². The second-order valence-corrected chi connectivity index (χ2v) is 8.24. The molecule has 6 nitrogen and oxygen atoms in total. The summed E-state index contributed by atoms with van der Waals surface area (Å²) in [6.45, 7) is 12.6. The molecule has 0 bridgehead atoms. The maximum Gasteiger partial charge on any atom is 0.191 e. The van der Waals surface area contributed by atoms with Gasteiger partial charge in [-0.15, -0.1) is 24.0 Å². The Morgan fingerprint density at radius 1 is 1.04 bits per heavy atom. The van der Waals surface area contributed by atoms with E-state index in [0.717, 1.165) is 65.1 Å². The van der Waals surface area contributed by atoms with E-state index in [1.807, 2.05) is 0 Å². The van der Waals surface area contributed by atoms with Gasteiger partial charge in [0.2, 0.25) is 0 Å².